The fourth-order valence-electron chi connectivity index (χ4n) is 1.29. The molecule has 0 aromatic heterocycles. The Morgan fingerprint density at radius 3 is 2.09 bits per heavy atom. The van der Waals surface area contributed by atoms with E-state index in [0.29, 0.717) is 5.56 Å². The first-order valence-electron chi connectivity index (χ1n) is 6.23. The lowest BCUT2D eigenvalue weighted by molar-refractivity contribution is -0.136. The molecule has 0 radical (unpaired) electrons. The molecule has 0 bridgehead atoms. The number of carbonyl (C=O) groups excluding carboxylic acids is 2. The number of benzene rings is 1. The molecular weight excluding hydrogens is 296 g/mol. The zero-order chi connectivity index (χ0) is 17.1. The van der Waals surface area contributed by atoms with Crippen LogP contribution in [-0.4, -0.2) is 68.7 Å². The van der Waals surface area contributed by atoms with Crippen molar-refractivity contribution < 1.29 is 35.1 Å². The third-order valence-corrected chi connectivity index (χ3v) is 2.59. The number of carbonyl (C=O) groups is 2. The second kappa shape index (κ2) is 10.8. The third kappa shape index (κ3) is 6.72. The van der Waals surface area contributed by atoms with Gasteiger partial charge in [0.1, 0.15) is 24.4 Å². The van der Waals surface area contributed by atoms with Gasteiger partial charge in [0, 0.05) is 5.56 Å². The molecule has 4 atom stereocenters. The van der Waals surface area contributed by atoms with Crippen LogP contribution >= 0.6 is 0 Å². The highest BCUT2D eigenvalue weighted by molar-refractivity contribution is 5.93. The number of hydrazine groups is 1. The SMILES string of the molecule is NNC(=O)c1ccccc1.O=C[C@H](O)[C@@H](O)[C@H](O)[C@H](O)CO. The number of aliphatic hydroxyl groups is 5. The maximum absolute atomic E-state index is 10.8. The summed E-state index contributed by atoms with van der Waals surface area (Å²) in [6.07, 6.45) is -6.84. The Morgan fingerprint density at radius 2 is 1.68 bits per heavy atom. The Morgan fingerprint density at radius 1 is 1.14 bits per heavy atom. The molecule has 22 heavy (non-hydrogen) atoms. The molecule has 1 aromatic carbocycles. The fraction of sp³-hybridized carbons (Fsp3) is 0.385. The molecule has 0 aliphatic rings. The Bertz CT molecular complexity index is 443. The molecule has 0 unspecified atom stereocenters. The van der Waals surface area contributed by atoms with Crippen LogP contribution in [0.5, 0.6) is 0 Å². The lowest BCUT2D eigenvalue weighted by Gasteiger charge is -2.22. The monoisotopic (exact) mass is 316 g/mol. The van der Waals surface area contributed by atoms with Crippen LogP contribution in [0.15, 0.2) is 30.3 Å². The van der Waals surface area contributed by atoms with Crippen molar-refractivity contribution in [1.82, 2.24) is 5.43 Å². The van der Waals surface area contributed by atoms with E-state index < -0.39 is 31.0 Å². The molecule has 8 N–H and O–H groups in total. The summed E-state index contributed by atoms with van der Waals surface area (Å²) in [6.45, 7) is -0.760. The minimum Gasteiger partial charge on any atom is -0.394 e. The largest absolute Gasteiger partial charge is 0.394 e. The van der Waals surface area contributed by atoms with Gasteiger partial charge in [-0.05, 0) is 12.1 Å². The van der Waals surface area contributed by atoms with Crippen molar-refractivity contribution in [2.75, 3.05) is 6.61 Å². The fourth-order valence-corrected chi connectivity index (χ4v) is 1.29. The smallest absolute Gasteiger partial charge is 0.265 e. The van der Waals surface area contributed by atoms with E-state index in [4.69, 9.17) is 31.4 Å². The van der Waals surface area contributed by atoms with E-state index in [9.17, 15) is 9.59 Å². The topological polar surface area (TPSA) is 173 Å². The zero-order valence-electron chi connectivity index (χ0n) is 11.6. The number of aldehydes is 1. The van der Waals surface area contributed by atoms with E-state index in [0.717, 1.165) is 0 Å². The van der Waals surface area contributed by atoms with Gasteiger partial charge in [-0.1, -0.05) is 18.2 Å². The van der Waals surface area contributed by atoms with Crippen LogP contribution in [0.1, 0.15) is 10.4 Å². The summed E-state index contributed by atoms with van der Waals surface area (Å²) >= 11 is 0. The van der Waals surface area contributed by atoms with Gasteiger partial charge < -0.3 is 30.3 Å². The number of hydrogen-bond donors (Lipinski definition) is 7. The Labute approximate surface area is 126 Å². The molecule has 9 heteroatoms. The number of nitrogens with one attached hydrogen (secondary N) is 1. The maximum Gasteiger partial charge on any atom is 0.265 e. The summed E-state index contributed by atoms with van der Waals surface area (Å²) < 4.78 is 0. The second-order valence-electron chi connectivity index (χ2n) is 4.20. The minimum absolute atomic E-state index is 0.0258. The molecule has 0 spiro atoms. The average molecular weight is 316 g/mol. The predicted molar refractivity (Wildman–Crippen MR) is 75.3 cm³/mol. The van der Waals surface area contributed by atoms with Crippen LogP contribution in [0.25, 0.3) is 0 Å². The van der Waals surface area contributed by atoms with E-state index in [1.54, 1.807) is 24.3 Å². The van der Waals surface area contributed by atoms with Gasteiger partial charge in [-0.15, -0.1) is 0 Å². The van der Waals surface area contributed by atoms with Crippen LogP contribution in [0.2, 0.25) is 0 Å². The van der Waals surface area contributed by atoms with Gasteiger partial charge in [-0.2, -0.15) is 0 Å². The summed E-state index contributed by atoms with van der Waals surface area (Å²) in [5.41, 5.74) is 2.62. The number of hydrogen-bond acceptors (Lipinski definition) is 8. The number of nitrogens with two attached hydrogens (primary N) is 1. The predicted octanol–water partition coefficient (Wildman–Crippen LogP) is -3.09. The number of nitrogen functional groups attached to an aromatic ring is 1. The molecule has 1 rings (SSSR count). The van der Waals surface area contributed by atoms with Gasteiger partial charge in [0.25, 0.3) is 5.91 Å². The molecule has 124 valence electrons. The minimum atomic E-state index is -1.79. The molecular formula is C13H20N2O7. The summed E-state index contributed by atoms with van der Waals surface area (Å²) in [6, 6.07) is 8.80. The van der Waals surface area contributed by atoms with E-state index in [1.807, 2.05) is 11.5 Å². The van der Waals surface area contributed by atoms with E-state index >= 15 is 0 Å². The van der Waals surface area contributed by atoms with Crippen LogP contribution in [0.4, 0.5) is 0 Å². The molecule has 0 saturated heterocycles. The quantitative estimate of drug-likeness (QED) is 0.125. The number of rotatable bonds is 6. The molecule has 0 aliphatic carbocycles. The molecule has 0 aliphatic heterocycles. The summed E-state index contributed by atoms with van der Waals surface area (Å²) in [4.78, 5) is 20.7. The van der Waals surface area contributed by atoms with Gasteiger partial charge in [0.2, 0.25) is 0 Å². The Hall–Kier alpha value is -1.88. The lowest BCUT2D eigenvalue weighted by atomic mass is 10.0. The van der Waals surface area contributed by atoms with Gasteiger partial charge >= 0.3 is 0 Å². The van der Waals surface area contributed by atoms with Gasteiger partial charge in [0.05, 0.1) is 6.61 Å². The van der Waals surface area contributed by atoms with E-state index in [1.165, 1.54) is 0 Å². The van der Waals surface area contributed by atoms with Crippen molar-refractivity contribution in [3.05, 3.63) is 35.9 Å². The Kier molecular flexibility index (Phi) is 9.87. The van der Waals surface area contributed by atoms with Crippen molar-refractivity contribution in [2.24, 2.45) is 5.84 Å². The van der Waals surface area contributed by atoms with Gasteiger partial charge in [0.15, 0.2) is 6.29 Å². The molecule has 9 nitrogen and oxygen atoms in total. The van der Waals surface area contributed by atoms with Crippen molar-refractivity contribution in [2.45, 2.75) is 24.4 Å². The number of aliphatic hydroxyl groups excluding tert-OH is 5. The lowest BCUT2D eigenvalue weighted by Crippen LogP contribution is -2.46. The maximum atomic E-state index is 10.8. The van der Waals surface area contributed by atoms with E-state index in [2.05, 4.69) is 0 Å². The zero-order valence-corrected chi connectivity index (χ0v) is 11.6. The van der Waals surface area contributed by atoms with Crippen LogP contribution in [-0.2, 0) is 4.79 Å². The summed E-state index contributed by atoms with van der Waals surface area (Å²) in [5, 5.41) is 43.5. The van der Waals surface area contributed by atoms with Gasteiger partial charge in [-0.25, -0.2) is 5.84 Å². The molecule has 1 aromatic rings. The normalized spacial score (nSPS) is 15.5. The van der Waals surface area contributed by atoms with Crippen LogP contribution in [0.3, 0.4) is 0 Å². The van der Waals surface area contributed by atoms with E-state index in [-0.39, 0.29) is 12.2 Å². The second-order valence-corrected chi connectivity index (χ2v) is 4.20. The summed E-state index contributed by atoms with van der Waals surface area (Å²) in [5.74, 6) is 4.64. The number of amides is 1. The standard InChI is InChI=1S/C7H8N2O.C6H12O6/c8-9-7(10)6-4-2-1-3-5-6;7-1-3(9)5(11)6(12)4(10)2-8/h1-5H,8H2,(H,9,10);1,3-6,8-12H,2H2/t;3-,4+,5+,6+/m.0/s1. The highest BCUT2D eigenvalue weighted by atomic mass is 16.4. The summed E-state index contributed by atoms with van der Waals surface area (Å²) in [7, 11) is 0. The first-order valence-corrected chi connectivity index (χ1v) is 6.23. The van der Waals surface area contributed by atoms with Crippen molar-refractivity contribution in [3.63, 3.8) is 0 Å². The molecule has 1 amide bonds. The molecule has 0 saturated carbocycles. The first kappa shape index (κ1) is 20.1. The molecule has 0 heterocycles. The molecule has 0 fully saturated rings. The van der Waals surface area contributed by atoms with Crippen molar-refractivity contribution in [3.8, 4) is 0 Å². The third-order valence-electron chi connectivity index (χ3n) is 2.59. The van der Waals surface area contributed by atoms with Crippen LogP contribution < -0.4 is 11.3 Å². The Balaban J connectivity index is 0.000000406. The van der Waals surface area contributed by atoms with Crippen molar-refractivity contribution in [1.29, 1.82) is 0 Å². The highest BCUT2D eigenvalue weighted by Gasteiger charge is 2.29. The average Bonchev–Trinajstić information content (AvgIpc) is 2.59. The first-order chi connectivity index (χ1) is 10.4. The van der Waals surface area contributed by atoms with Crippen LogP contribution in [0, 0.1) is 0 Å². The van der Waals surface area contributed by atoms with Crippen molar-refractivity contribution >= 4 is 12.2 Å². The van der Waals surface area contributed by atoms with Gasteiger partial charge in [-0.3, -0.25) is 10.2 Å². The highest BCUT2D eigenvalue weighted by Crippen LogP contribution is 2.03.